The molecule has 0 amide bonds. The maximum atomic E-state index is 13.7. The topological polar surface area (TPSA) is 95.7 Å². The zero-order valence-corrected chi connectivity index (χ0v) is 12.8. The minimum atomic E-state index is -1.95. The average Bonchev–Trinajstić information content (AvgIpc) is 2.47. The normalized spacial score (nSPS) is 13.0. The van der Waals surface area contributed by atoms with Crippen LogP contribution in [-0.4, -0.2) is 35.6 Å². The number of benzene rings is 1. The number of nitro groups is 1. The second-order valence-electron chi connectivity index (χ2n) is 4.70. The first kappa shape index (κ1) is 19.4. The molecule has 7 nitrogen and oxygen atoms in total. The first-order valence-electron chi connectivity index (χ1n) is 6.78. The van der Waals surface area contributed by atoms with Crippen molar-refractivity contribution in [1.82, 2.24) is 0 Å². The minimum absolute atomic E-state index is 0.138. The van der Waals surface area contributed by atoms with Crippen LogP contribution in [0.4, 0.5) is 13.2 Å². The van der Waals surface area contributed by atoms with E-state index < -0.39 is 58.4 Å². The van der Waals surface area contributed by atoms with Crippen LogP contribution in [0.3, 0.4) is 0 Å². The molecule has 0 saturated carbocycles. The highest BCUT2D eigenvalue weighted by Crippen LogP contribution is 2.19. The highest BCUT2D eigenvalue weighted by molar-refractivity contribution is 5.79. The number of carbonyl (C=O) groups excluding carboxylic acids is 2. The van der Waals surface area contributed by atoms with E-state index in [4.69, 9.17) is 0 Å². The monoisotopic (exact) mass is 349 g/mol. The molecule has 0 aliphatic carbocycles. The third-order valence-electron chi connectivity index (χ3n) is 2.95. The van der Waals surface area contributed by atoms with Crippen LogP contribution in [0, 0.1) is 27.6 Å². The SMILES string of the molecule is CCOC(=O)C(OC(C)=O)C(Cc1cc(F)c(F)cc1F)[N+](=O)[O-]. The number of esters is 2. The van der Waals surface area contributed by atoms with Crippen molar-refractivity contribution in [2.45, 2.75) is 32.4 Å². The number of rotatable bonds is 7. The fourth-order valence-electron chi connectivity index (χ4n) is 1.92. The molecule has 0 radical (unpaired) electrons. The molecular weight excluding hydrogens is 335 g/mol. The Morgan fingerprint density at radius 2 is 1.79 bits per heavy atom. The third-order valence-corrected chi connectivity index (χ3v) is 2.95. The molecule has 0 aromatic heterocycles. The molecule has 0 fully saturated rings. The molecule has 10 heteroatoms. The number of ether oxygens (including phenoxy) is 2. The molecule has 2 atom stereocenters. The Labute approximate surface area is 134 Å². The third kappa shape index (κ3) is 4.93. The van der Waals surface area contributed by atoms with Gasteiger partial charge < -0.3 is 9.47 Å². The second-order valence-corrected chi connectivity index (χ2v) is 4.70. The van der Waals surface area contributed by atoms with E-state index in [-0.39, 0.29) is 12.7 Å². The van der Waals surface area contributed by atoms with Crippen LogP contribution in [0.2, 0.25) is 0 Å². The Bertz CT molecular complexity index is 652. The highest BCUT2D eigenvalue weighted by Gasteiger charge is 2.42. The van der Waals surface area contributed by atoms with Gasteiger partial charge in [0.05, 0.1) is 6.61 Å². The van der Waals surface area contributed by atoms with Crippen LogP contribution in [0.1, 0.15) is 19.4 Å². The Hall–Kier alpha value is -2.65. The van der Waals surface area contributed by atoms with E-state index in [0.717, 1.165) is 6.92 Å². The number of carbonyl (C=O) groups is 2. The van der Waals surface area contributed by atoms with Gasteiger partial charge >= 0.3 is 11.9 Å². The van der Waals surface area contributed by atoms with Crippen molar-refractivity contribution in [3.05, 3.63) is 45.3 Å². The van der Waals surface area contributed by atoms with Gasteiger partial charge in [-0.2, -0.15) is 0 Å². The fourth-order valence-corrected chi connectivity index (χ4v) is 1.92. The summed E-state index contributed by atoms with van der Waals surface area (Å²) in [6.07, 6.45) is -2.77. The van der Waals surface area contributed by atoms with Gasteiger partial charge in [0.25, 0.3) is 12.1 Å². The number of halogens is 3. The second kappa shape index (κ2) is 8.27. The van der Waals surface area contributed by atoms with E-state index in [1.165, 1.54) is 6.92 Å². The van der Waals surface area contributed by atoms with Crippen LogP contribution in [-0.2, 0) is 25.5 Å². The molecule has 0 spiro atoms. The first-order chi connectivity index (χ1) is 11.2. The van der Waals surface area contributed by atoms with Crippen LogP contribution in [0.15, 0.2) is 12.1 Å². The molecule has 1 aromatic rings. The van der Waals surface area contributed by atoms with Gasteiger partial charge in [-0.1, -0.05) is 0 Å². The van der Waals surface area contributed by atoms with E-state index in [1.54, 1.807) is 0 Å². The molecule has 0 heterocycles. The van der Waals surface area contributed by atoms with Gasteiger partial charge in [0, 0.05) is 24.3 Å². The van der Waals surface area contributed by atoms with E-state index in [0.29, 0.717) is 6.07 Å². The van der Waals surface area contributed by atoms with Crippen molar-refractivity contribution < 1.29 is 37.2 Å². The van der Waals surface area contributed by atoms with Crippen molar-refractivity contribution >= 4 is 11.9 Å². The molecule has 2 unspecified atom stereocenters. The summed E-state index contributed by atoms with van der Waals surface area (Å²) in [5, 5.41) is 11.2. The molecule has 132 valence electrons. The van der Waals surface area contributed by atoms with Crippen molar-refractivity contribution in [2.24, 2.45) is 0 Å². The van der Waals surface area contributed by atoms with Gasteiger partial charge in [-0.05, 0) is 18.6 Å². The smallest absolute Gasteiger partial charge is 0.354 e. The van der Waals surface area contributed by atoms with E-state index in [9.17, 15) is 32.9 Å². The number of hydrogen-bond acceptors (Lipinski definition) is 6. The lowest BCUT2D eigenvalue weighted by atomic mass is 10.0. The molecule has 0 aliphatic rings. The summed E-state index contributed by atoms with van der Waals surface area (Å²) in [6.45, 7) is 2.21. The van der Waals surface area contributed by atoms with Crippen molar-refractivity contribution in [3.8, 4) is 0 Å². The molecule has 0 bridgehead atoms. The summed E-state index contributed by atoms with van der Waals surface area (Å²) < 4.78 is 49.0. The Morgan fingerprint density at radius 3 is 2.29 bits per heavy atom. The van der Waals surface area contributed by atoms with E-state index in [1.807, 2.05) is 0 Å². The molecule has 1 rings (SSSR count). The van der Waals surface area contributed by atoms with Gasteiger partial charge in [-0.15, -0.1) is 0 Å². The summed E-state index contributed by atoms with van der Waals surface area (Å²) in [7, 11) is 0. The maximum absolute atomic E-state index is 13.7. The average molecular weight is 349 g/mol. The van der Waals surface area contributed by atoms with Gasteiger partial charge in [-0.3, -0.25) is 14.9 Å². The molecular formula is C14H14F3NO6. The van der Waals surface area contributed by atoms with E-state index >= 15 is 0 Å². The maximum Gasteiger partial charge on any atom is 0.354 e. The van der Waals surface area contributed by atoms with Gasteiger partial charge in [0.15, 0.2) is 11.6 Å². The highest BCUT2D eigenvalue weighted by atomic mass is 19.2. The first-order valence-corrected chi connectivity index (χ1v) is 6.78. The lowest BCUT2D eigenvalue weighted by molar-refractivity contribution is -0.531. The Kier molecular flexibility index (Phi) is 6.69. The van der Waals surface area contributed by atoms with Crippen LogP contribution in [0.5, 0.6) is 0 Å². The predicted molar refractivity (Wildman–Crippen MR) is 73.0 cm³/mol. The van der Waals surface area contributed by atoms with Crippen LogP contribution >= 0.6 is 0 Å². The summed E-state index contributed by atoms with van der Waals surface area (Å²) in [6, 6.07) is -1.27. The minimum Gasteiger partial charge on any atom is -0.463 e. The van der Waals surface area contributed by atoms with Crippen LogP contribution in [0.25, 0.3) is 0 Å². The molecule has 24 heavy (non-hydrogen) atoms. The van der Waals surface area contributed by atoms with Crippen molar-refractivity contribution in [1.29, 1.82) is 0 Å². The summed E-state index contributed by atoms with van der Waals surface area (Å²) in [5.74, 6) is -6.29. The Morgan fingerprint density at radius 1 is 1.21 bits per heavy atom. The fraction of sp³-hybridized carbons (Fsp3) is 0.429. The van der Waals surface area contributed by atoms with Crippen LogP contribution < -0.4 is 0 Å². The summed E-state index contributed by atoms with van der Waals surface area (Å²) >= 11 is 0. The largest absolute Gasteiger partial charge is 0.463 e. The lowest BCUT2D eigenvalue weighted by Gasteiger charge is -2.19. The predicted octanol–water partition coefficient (Wildman–Crippen LogP) is 1.79. The Balaban J connectivity index is 3.19. The number of hydrogen-bond donors (Lipinski definition) is 0. The molecule has 0 aliphatic heterocycles. The summed E-state index contributed by atoms with van der Waals surface area (Å²) in [5.41, 5.74) is -0.544. The van der Waals surface area contributed by atoms with Gasteiger partial charge in [-0.25, -0.2) is 18.0 Å². The standard InChI is InChI=1S/C14H14F3NO6/c1-3-23-14(20)13(24-7(2)19)12(18(21)22)5-8-4-10(16)11(17)6-9(8)15/h4,6,12-13H,3,5H2,1-2H3. The van der Waals surface area contributed by atoms with Crippen molar-refractivity contribution in [2.75, 3.05) is 6.61 Å². The van der Waals surface area contributed by atoms with Crippen molar-refractivity contribution in [3.63, 3.8) is 0 Å². The number of nitrogens with zero attached hydrogens (tertiary/aromatic N) is 1. The van der Waals surface area contributed by atoms with Gasteiger partial charge in [0.1, 0.15) is 5.82 Å². The van der Waals surface area contributed by atoms with Gasteiger partial charge in [0.2, 0.25) is 0 Å². The molecule has 0 saturated heterocycles. The molecule has 1 aromatic carbocycles. The zero-order valence-electron chi connectivity index (χ0n) is 12.8. The lowest BCUT2D eigenvalue weighted by Crippen LogP contribution is -2.45. The molecule has 0 N–H and O–H groups in total. The van der Waals surface area contributed by atoms with E-state index in [2.05, 4.69) is 9.47 Å². The quantitative estimate of drug-likeness (QED) is 0.322. The summed E-state index contributed by atoms with van der Waals surface area (Å²) in [4.78, 5) is 33.1. The zero-order chi connectivity index (χ0) is 18.4.